The monoisotopic (exact) mass is 327 g/mol. The number of hydrogen-bond donors (Lipinski definition) is 5. The lowest BCUT2D eigenvalue weighted by Gasteiger charge is -2.01. The molecule has 2 aromatic rings. The minimum atomic E-state index is -4.40. The fourth-order valence-electron chi connectivity index (χ4n) is 1.45. The van der Waals surface area contributed by atoms with Crippen molar-refractivity contribution in [1.29, 1.82) is 0 Å². The maximum absolute atomic E-state index is 10.4. The third kappa shape index (κ3) is 6.31. The molecule has 0 aliphatic heterocycles. The highest BCUT2D eigenvalue weighted by Gasteiger charge is 2.19. The Balaban J connectivity index is 0.000000220. The lowest BCUT2D eigenvalue weighted by molar-refractivity contribution is -0.117. The fourth-order valence-corrected chi connectivity index (χ4v) is 1.91. The van der Waals surface area contributed by atoms with E-state index in [0.717, 1.165) is 5.39 Å². The Kier molecular flexibility index (Phi) is 6.00. The Hall–Kier alpha value is -2.48. The smallest absolute Gasteiger partial charge is 0.334 e. The van der Waals surface area contributed by atoms with E-state index in [0.29, 0.717) is 5.52 Å². The normalized spacial score (nSPS) is 10.5. The molecule has 0 aliphatic rings. The van der Waals surface area contributed by atoms with Gasteiger partial charge in [0.15, 0.2) is 0 Å². The number of urea groups is 1. The van der Waals surface area contributed by atoms with Crippen LogP contribution >= 0.6 is 7.60 Å². The topological polar surface area (TPSA) is 163 Å². The second-order valence-electron chi connectivity index (χ2n) is 4.09. The number of nitrogens with two attached hydrogens (primary N) is 1. The summed E-state index contributed by atoms with van der Waals surface area (Å²) >= 11 is 0. The highest BCUT2D eigenvalue weighted by Crippen LogP contribution is 2.33. The van der Waals surface area contributed by atoms with Crippen molar-refractivity contribution in [1.82, 2.24) is 10.3 Å². The van der Waals surface area contributed by atoms with Crippen LogP contribution < -0.4 is 11.1 Å². The summed E-state index contributed by atoms with van der Waals surface area (Å²) < 4.78 is 10.1. The maximum Gasteiger partial charge on any atom is 0.334 e. The van der Waals surface area contributed by atoms with Gasteiger partial charge < -0.3 is 20.6 Å². The third-order valence-electron chi connectivity index (χ3n) is 2.22. The average molecular weight is 327 g/mol. The highest BCUT2D eigenvalue weighted by atomic mass is 31.2. The van der Waals surface area contributed by atoms with Crippen LogP contribution in [0, 0.1) is 0 Å². The first-order chi connectivity index (χ1) is 10.2. The molecule has 0 spiro atoms. The average Bonchev–Trinajstić information content (AvgIpc) is 2.37. The first kappa shape index (κ1) is 17.6. The Bertz CT molecular complexity index is 724. The molecule has 0 aliphatic carbocycles. The van der Waals surface area contributed by atoms with Gasteiger partial charge in [0, 0.05) is 11.6 Å². The number of phenolic OH excluding ortho intramolecular Hbond substituents is 1. The van der Waals surface area contributed by atoms with E-state index in [-0.39, 0.29) is 5.75 Å². The van der Waals surface area contributed by atoms with E-state index < -0.39 is 25.7 Å². The van der Waals surface area contributed by atoms with Crippen molar-refractivity contribution in [2.75, 3.05) is 6.16 Å². The van der Waals surface area contributed by atoms with Gasteiger partial charge in [0.05, 0.1) is 0 Å². The second kappa shape index (κ2) is 7.51. The molecule has 0 fully saturated rings. The second-order valence-corrected chi connectivity index (χ2v) is 5.73. The molecule has 0 saturated heterocycles. The van der Waals surface area contributed by atoms with Crippen molar-refractivity contribution in [3.63, 3.8) is 0 Å². The van der Waals surface area contributed by atoms with E-state index in [1.54, 1.807) is 18.3 Å². The van der Waals surface area contributed by atoms with Gasteiger partial charge in [0.2, 0.25) is 5.91 Å². The zero-order valence-electron chi connectivity index (χ0n) is 11.2. The molecule has 9 nitrogen and oxygen atoms in total. The molecule has 0 atom stereocenters. The SMILES string of the molecule is NC(=O)NC(=O)CP(=O)(O)O.Oc1cccc2cccnc12. The van der Waals surface area contributed by atoms with E-state index in [1.165, 1.54) is 5.32 Å². The highest BCUT2D eigenvalue weighted by molar-refractivity contribution is 7.52. The summed E-state index contributed by atoms with van der Waals surface area (Å²) in [5.41, 5.74) is 5.15. The molecule has 3 amide bonds. The summed E-state index contributed by atoms with van der Waals surface area (Å²) in [5.74, 6) is -0.853. The van der Waals surface area contributed by atoms with Crippen molar-refractivity contribution in [3.05, 3.63) is 36.5 Å². The molecule has 6 N–H and O–H groups in total. The van der Waals surface area contributed by atoms with Crippen molar-refractivity contribution in [2.24, 2.45) is 5.73 Å². The van der Waals surface area contributed by atoms with Crippen LogP contribution in [0.15, 0.2) is 36.5 Å². The molecule has 1 aromatic carbocycles. The number of para-hydroxylation sites is 1. The van der Waals surface area contributed by atoms with Crippen LogP contribution in [0.2, 0.25) is 0 Å². The number of phenols is 1. The first-order valence-corrected chi connectivity index (χ1v) is 7.65. The summed E-state index contributed by atoms with van der Waals surface area (Å²) in [6.07, 6.45) is 0.637. The van der Waals surface area contributed by atoms with Crippen LogP contribution in [-0.4, -0.2) is 38.0 Å². The van der Waals surface area contributed by atoms with Gasteiger partial charge in [-0.05, 0) is 12.1 Å². The Morgan fingerprint density at radius 3 is 2.41 bits per heavy atom. The molecular weight excluding hydrogens is 313 g/mol. The van der Waals surface area contributed by atoms with E-state index in [1.807, 2.05) is 18.2 Å². The number of primary amides is 1. The van der Waals surface area contributed by atoms with Gasteiger partial charge in [-0.1, -0.05) is 18.2 Å². The van der Waals surface area contributed by atoms with E-state index >= 15 is 0 Å². The van der Waals surface area contributed by atoms with Crippen molar-refractivity contribution < 1.29 is 29.0 Å². The van der Waals surface area contributed by atoms with Crippen LogP contribution in [0.3, 0.4) is 0 Å². The number of carbonyl (C=O) groups is 2. The number of hydrogen-bond acceptors (Lipinski definition) is 5. The number of amides is 3. The fraction of sp³-hybridized carbons (Fsp3) is 0.0833. The summed E-state index contributed by atoms with van der Waals surface area (Å²) in [5, 5.41) is 11.8. The number of rotatable bonds is 2. The number of nitrogens with one attached hydrogen (secondary N) is 1. The van der Waals surface area contributed by atoms with Gasteiger partial charge in [-0.3, -0.25) is 19.7 Å². The number of aromatic nitrogens is 1. The molecule has 1 aromatic heterocycles. The van der Waals surface area contributed by atoms with Crippen LogP contribution in [0.4, 0.5) is 4.79 Å². The van der Waals surface area contributed by atoms with Gasteiger partial charge in [-0.2, -0.15) is 0 Å². The molecule has 0 unspecified atom stereocenters. The number of fused-ring (bicyclic) bond motifs is 1. The number of pyridine rings is 1. The van der Waals surface area contributed by atoms with E-state index in [4.69, 9.17) is 9.79 Å². The standard InChI is InChI=1S/C9H7NO.C3H7N2O5P/c11-8-5-1-3-7-4-2-6-10-9(7)8;4-3(7)5-2(6)1-11(8,9)10/h1-6,11H;1H2,(H2,8,9,10)(H3,4,5,6,7). The molecule has 10 heteroatoms. The number of aromatic hydroxyl groups is 1. The number of benzene rings is 1. The summed E-state index contributed by atoms with van der Waals surface area (Å²) in [6, 6.07) is 7.99. The zero-order chi connectivity index (χ0) is 16.8. The van der Waals surface area contributed by atoms with Gasteiger partial charge in [-0.25, -0.2) is 4.79 Å². The molecule has 0 radical (unpaired) electrons. The van der Waals surface area contributed by atoms with Crippen molar-refractivity contribution in [3.8, 4) is 5.75 Å². The van der Waals surface area contributed by atoms with Crippen LogP contribution in [0.25, 0.3) is 10.9 Å². The molecule has 1 heterocycles. The van der Waals surface area contributed by atoms with Gasteiger partial charge in [-0.15, -0.1) is 0 Å². The summed E-state index contributed by atoms with van der Waals surface area (Å²) in [7, 11) is -4.40. The Morgan fingerprint density at radius 1 is 1.23 bits per heavy atom. The lowest BCUT2D eigenvalue weighted by atomic mass is 10.2. The number of nitrogens with zero attached hydrogens (tertiary/aromatic N) is 1. The number of imide groups is 1. The van der Waals surface area contributed by atoms with Crippen LogP contribution in [0.1, 0.15) is 0 Å². The minimum Gasteiger partial charge on any atom is -0.506 e. The van der Waals surface area contributed by atoms with Crippen molar-refractivity contribution >= 4 is 30.4 Å². The lowest BCUT2D eigenvalue weighted by Crippen LogP contribution is -2.36. The van der Waals surface area contributed by atoms with Crippen LogP contribution in [0.5, 0.6) is 5.75 Å². The quantitative estimate of drug-likeness (QED) is 0.495. The molecule has 0 bridgehead atoms. The summed E-state index contributed by atoms with van der Waals surface area (Å²) in [4.78, 5) is 40.7. The largest absolute Gasteiger partial charge is 0.506 e. The zero-order valence-corrected chi connectivity index (χ0v) is 12.1. The minimum absolute atomic E-state index is 0.239. The molecule has 22 heavy (non-hydrogen) atoms. The molecular formula is C12H14N3O6P. The Labute approximate surface area is 124 Å². The van der Waals surface area contributed by atoms with Gasteiger partial charge in [0.1, 0.15) is 17.4 Å². The predicted molar refractivity (Wildman–Crippen MR) is 78.0 cm³/mol. The van der Waals surface area contributed by atoms with Gasteiger partial charge >= 0.3 is 13.6 Å². The maximum atomic E-state index is 10.4. The predicted octanol–water partition coefficient (Wildman–Crippen LogP) is 0.299. The Morgan fingerprint density at radius 2 is 1.86 bits per heavy atom. The molecule has 118 valence electrons. The molecule has 0 saturated carbocycles. The first-order valence-electron chi connectivity index (χ1n) is 5.85. The van der Waals surface area contributed by atoms with E-state index in [2.05, 4.69) is 10.7 Å². The summed E-state index contributed by atoms with van der Waals surface area (Å²) in [6.45, 7) is 0. The van der Waals surface area contributed by atoms with E-state index in [9.17, 15) is 19.3 Å². The molecule has 2 rings (SSSR count). The van der Waals surface area contributed by atoms with Crippen LogP contribution in [-0.2, 0) is 9.36 Å². The third-order valence-corrected chi connectivity index (χ3v) is 2.92. The van der Waals surface area contributed by atoms with Crippen molar-refractivity contribution in [2.45, 2.75) is 0 Å². The number of carbonyl (C=O) groups excluding carboxylic acids is 2. The van der Waals surface area contributed by atoms with Gasteiger partial charge in [0.25, 0.3) is 0 Å².